The van der Waals surface area contributed by atoms with Gasteiger partial charge in [0, 0.05) is 19.2 Å². The second kappa shape index (κ2) is 4.66. The molecule has 1 unspecified atom stereocenters. The molecule has 0 amide bonds. The lowest BCUT2D eigenvalue weighted by Crippen LogP contribution is -2.13. The Bertz CT molecular complexity index is 308. The molecule has 1 rings (SSSR count). The van der Waals surface area contributed by atoms with Gasteiger partial charge >= 0.3 is 5.97 Å². The average molecular weight is 199 g/mol. The van der Waals surface area contributed by atoms with Crippen LogP contribution in [0.3, 0.4) is 0 Å². The van der Waals surface area contributed by atoms with Gasteiger partial charge in [-0.25, -0.2) is 4.79 Å². The van der Waals surface area contributed by atoms with Gasteiger partial charge in [-0.15, -0.1) is 0 Å². The van der Waals surface area contributed by atoms with Gasteiger partial charge in [0.15, 0.2) is 5.88 Å². The lowest BCUT2D eigenvalue weighted by atomic mass is 10.2. The van der Waals surface area contributed by atoms with E-state index < -0.39 is 5.97 Å². The Hall–Kier alpha value is -1.49. The van der Waals surface area contributed by atoms with Gasteiger partial charge in [-0.1, -0.05) is 6.92 Å². The van der Waals surface area contributed by atoms with E-state index in [4.69, 9.17) is 14.6 Å². The Balaban J connectivity index is 2.48. The summed E-state index contributed by atoms with van der Waals surface area (Å²) in [7, 11) is 0. The Labute approximate surface area is 81.4 Å². The predicted octanol–water partition coefficient (Wildman–Crippen LogP) is 1.02. The molecule has 3 N–H and O–H groups in total. The first-order chi connectivity index (χ1) is 6.63. The van der Waals surface area contributed by atoms with E-state index in [0.717, 1.165) is 0 Å². The number of rotatable bonds is 5. The fraction of sp³-hybridized carbons (Fsp3) is 0.444. The van der Waals surface area contributed by atoms with E-state index in [2.05, 4.69) is 5.32 Å². The average Bonchev–Trinajstić information content (AvgIpc) is 2.62. The van der Waals surface area contributed by atoms with Gasteiger partial charge in [-0.05, 0) is 12.0 Å². The van der Waals surface area contributed by atoms with Crippen LogP contribution in [0.25, 0.3) is 0 Å². The number of hydrogen-bond acceptors (Lipinski definition) is 4. The van der Waals surface area contributed by atoms with Crippen LogP contribution in [-0.2, 0) is 0 Å². The summed E-state index contributed by atoms with van der Waals surface area (Å²) in [6.45, 7) is 2.50. The van der Waals surface area contributed by atoms with Crippen LogP contribution in [0.5, 0.6) is 0 Å². The molecule has 0 bridgehead atoms. The number of hydrogen-bond donors (Lipinski definition) is 3. The molecule has 78 valence electrons. The molecule has 0 saturated carbocycles. The third-order valence-corrected chi connectivity index (χ3v) is 1.75. The van der Waals surface area contributed by atoms with Crippen LogP contribution < -0.4 is 5.32 Å². The van der Waals surface area contributed by atoms with Crippen molar-refractivity contribution in [1.29, 1.82) is 0 Å². The molecule has 0 radical (unpaired) electrons. The highest BCUT2D eigenvalue weighted by Gasteiger charge is 2.08. The highest BCUT2D eigenvalue weighted by atomic mass is 16.4. The zero-order valence-electron chi connectivity index (χ0n) is 7.86. The number of nitrogens with one attached hydrogen (secondary N) is 1. The van der Waals surface area contributed by atoms with Gasteiger partial charge in [-0.2, -0.15) is 0 Å². The summed E-state index contributed by atoms with van der Waals surface area (Å²) < 4.78 is 4.95. The van der Waals surface area contributed by atoms with Crippen molar-refractivity contribution in [2.75, 3.05) is 18.5 Å². The minimum Gasteiger partial charge on any atom is -0.475 e. The van der Waals surface area contributed by atoms with Crippen molar-refractivity contribution in [1.82, 2.24) is 0 Å². The number of aromatic carboxylic acids is 1. The van der Waals surface area contributed by atoms with Crippen LogP contribution in [0, 0.1) is 5.92 Å². The minimum atomic E-state index is -1.09. The molecule has 0 aromatic carbocycles. The van der Waals surface area contributed by atoms with E-state index in [1.54, 1.807) is 6.07 Å². The number of carboxylic acid groups (broad SMARTS) is 1. The van der Waals surface area contributed by atoms with Crippen LogP contribution in [0.2, 0.25) is 0 Å². The Kier molecular flexibility index (Phi) is 3.53. The second-order valence-corrected chi connectivity index (χ2v) is 3.14. The third-order valence-electron chi connectivity index (χ3n) is 1.75. The lowest BCUT2D eigenvalue weighted by molar-refractivity contribution is 0.0663. The fourth-order valence-corrected chi connectivity index (χ4v) is 0.887. The van der Waals surface area contributed by atoms with Gasteiger partial charge in [0.05, 0.1) is 0 Å². The zero-order chi connectivity index (χ0) is 10.6. The summed E-state index contributed by atoms with van der Waals surface area (Å²) in [6.07, 6.45) is 0. The molecule has 0 aliphatic heterocycles. The summed E-state index contributed by atoms with van der Waals surface area (Å²) in [5, 5.41) is 20.2. The predicted molar refractivity (Wildman–Crippen MR) is 50.4 cm³/mol. The van der Waals surface area contributed by atoms with Crippen molar-refractivity contribution >= 4 is 11.9 Å². The smallest absolute Gasteiger partial charge is 0.371 e. The standard InChI is InChI=1S/C9H13NO4/c1-6(5-11)4-10-8-3-2-7(14-8)9(12)13/h2-3,6,10-11H,4-5H2,1H3,(H,12,13). The van der Waals surface area contributed by atoms with E-state index in [1.165, 1.54) is 6.07 Å². The van der Waals surface area contributed by atoms with Crippen LogP contribution in [0.4, 0.5) is 5.88 Å². The van der Waals surface area contributed by atoms with Crippen molar-refractivity contribution < 1.29 is 19.4 Å². The Morgan fingerprint density at radius 3 is 2.86 bits per heavy atom. The van der Waals surface area contributed by atoms with Crippen molar-refractivity contribution in [2.45, 2.75) is 6.92 Å². The van der Waals surface area contributed by atoms with Gasteiger partial charge in [0.2, 0.25) is 5.76 Å². The first-order valence-corrected chi connectivity index (χ1v) is 4.31. The summed E-state index contributed by atoms with van der Waals surface area (Å²) in [5.41, 5.74) is 0. The highest BCUT2D eigenvalue weighted by molar-refractivity contribution is 5.84. The van der Waals surface area contributed by atoms with E-state index >= 15 is 0 Å². The molecule has 1 aromatic rings. The third kappa shape index (κ3) is 2.77. The molecule has 1 aromatic heterocycles. The summed E-state index contributed by atoms with van der Waals surface area (Å²) in [5.74, 6) is -0.673. The fourth-order valence-electron chi connectivity index (χ4n) is 0.887. The minimum absolute atomic E-state index is 0.0828. The van der Waals surface area contributed by atoms with Gasteiger partial charge in [0.25, 0.3) is 0 Å². The van der Waals surface area contributed by atoms with Crippen LogP contribution in [0.15, 0.2) is 16.5 Å². The largest absolute Gasteiger partial charge is 0.475 e. The molecule has 1 atom stereocenters. The quantitative estimate of drug-likeness (QED) is 0.659. The topological polar surface area (TPSA) is 82.7 Å². The number of carboxylic acids is 1. The lowest BCUT2D eigenvalue weighted by Gasteiger charge is -2.07. The van der Waals surface area contributed by atoms with E-state index in [1.807, 2.05) is 6.92 Å². The number of aliphatic hydroxyl groups excluding tert-OH is 1. The number of aliphatic hydroxyl groups is 1. The normalized spacial score (nSPS) is 12.4. The number of furan rings is 1. The zero-order valence-corrected chi connectivity index (χ0v) is 7.86. The van der Waals surface area contributed by atoms with Crippen LogP contribution in [-0.4, -0.2) is 29.3 Å². The molecule has 0 saturated heterocycles. The molecule has 0 aliphatic carbocycles. The number of anilines is 1. The maximum absolute atomic E-state index is 10.4. The van der Waals surface area contributed by atoms with Crippen LogP contribution >= 0.6 is 0 Å². The molecule has 0 fully saturated rings. The van der Waals surface area contributed by atoms with Crippen molar-refractivity contribution in [3.63, 3.8) is 0 Å². The van der Waals surface area contributed by atoms with E-state index in [-0.39, 0.29) is 18.3 Å². The molecule has 1 heterocycles. The maximum atomic E-state index is 10.4. The molecule has 5 nitrogen and oxygen atoms in total. The Morgan fingerprint density at radius 2 is 2.36 bits per heavy atom. The molecular weight excluding hydrogens is 186 g/mol. The summed E-state index contributed by atoms with van der Waals surface area (Å²) in [6, 6.07) is 2.93. The van der Waals surface area contributed by atoms with Crippen molar-refractivity contribution in [3.8, 4) is 0 Å². The van der Waals surface area contributed by atoms with Gasteiger partial charge in [-0.3, -0.25) is 0 Å². The second-order valence-electron chi connectivity index (χ2n) is 3.14. The first-order valence-electron chi connectivity index (χ1n) is 4.31. The number of carbonyl (C=O) groups is 1. The van der Waals surface area contributed by atoms with Crippen molar-refractivity contribution in [3.05, 3.63) is 17.9 Å². The maximum Gasteiger partial charge on any atom is 0.371 e. The summed E-state index contributed by atoms with van der Waals surface area (Å²) >= 11 is 0. The molecule has 5 heteroatoms. The molecule has 14 heavy (non-hydrogen) atoms. The van der Waals surface area contributed by atoms with Crippen LogP contribution in [0.1, 0.15) is 17.5 Å². The Morgan fingerprint density at radius 1 is 1.64 bits per heavy atom. The molecule has 0 spiro atoms. The first kappa shape index (κ1) is 10.6. The van der Waals surface area contributed by atoms with Gasteiger partial charge < -0.3 is 19.9 Å². The monoisotopic (exact) mass is 199 g/mol. The summed E-state index contributed by atoms with van der Waals surface area (Å²) in [4.78, 5) is 10.4. The van der Waals surface area contributed by atoms with Crippen molar-refractivity contribution in [2.24, 2.45) is 5.92 Å². The van der Waals surface area contributed by atoms with E-state index in [9.17, 15) is 4.79 Å². The van der Waals surface area contributed by atoms with E-state index in [0.29, 0.717) is 12.4 Å². The van der Waals surface area contributed by atoms with Gasteiger partial charge in [0.1, 0.15) is 0 Å². The molecular formula is C9H13NO4. The SMILES string of the molecule is CC(CO)CNc1ccc(C(=O)O)o1. The molecule has 0 aliphatic rings. The highest BCUT2D eigenvalue weighted by Crippen LogP contribution is 2.13.